The first-order valence-electron chi connectivity index (χ1n) is 6.02. The predicted molar refractivity (Wildman–Crippen MR) is 63.2 cm³/mol. The summed E-state index contributed by atoms with van der Waals surface area (Å²) < 4.78 is 0. The fourth-order valence-electron chi connectivity index (χ4n) is 1.89. The number of hydrogen-bond donors (Lipinski definition) is 3. The summed E-state index contributed by atoms with van der Waals surface area (Å²) in [6, 6.07) is 0.0672. The van der Waals surface area contributed by atoms with E-state index in [2.05, 4.69) is 10.6 Å². The smallest absolute Gasteiger partial charge is 0.241 e. The third-order valence-electron chi connectivity index (χ3n) is 2.80. The maximum absolute atomic E-state index is 12.2. The van der Waals surface area contributed by atoms with Gasteiger partial charge in [-0.3, -0.25) is 4.79 Å². The van der Waals surface area contributed by atoms with Crippen LogP contribution in [0.1, 0.15) is 20.3 Å². The van der Waals surface area contributed by atoms with E-state index in [1.807, 2.05) is 18.7 Å². The van der Waals surface area contributed by atoms with Gasteiger partial charge in [0.05, 0.1) is 6.04 Å². The second kappa shape index (κ2) is 6.83. The van der Waals surface area contributed by atoms with Crippen LogP contribution in [0.4, 0.5) is 0 Å². The van der Waals surface area contributed by atoms with Crippen molar-refractivity contribution in [3.63, 3.8) is 0 Å². The highest BCUT2D eigenvalue weighted by Crippen LogP contribution is 2.04. The Hall–Kier alpha value is -0.650. The summed E-state index contributed by atoms with van der Waals surface area (Å²) in [4.78, 5) is 14.0. The van der Waals surface area contributed by atoms with E-state index in [-0.39, 0.29) is 24.6 Å². The standard InChI is InChI=1S/C11H23N3O2/c1-9(2)14(6-3-7-15)11(16)10-8-12-4-5-13-10/h9-10,12-13,15H,3-8H2,1-2H3. The van der Waals surface area contributed by atoms with Crippen LogP contribution in [0.2, 0.25) is 0 Å². The van der Waals surface area contributed by atoms with Gasteiger partial charge in [0.1, 0.15) is 0 Å². The molecular formula is C11H23N3O2. The number of piperazine rings is 1. The van der Waals surface area contributed by atoms with E-state index in [1.165, 1.54) is 0 Å². The molecule has 1 aliphatic rings. The minimum atomic E-state index is -0.116. The van der Waals surface area contributed by atoms with E-state index in [0.717, 1.165) is 13.1 Å². The topological polar surface area (TPSA) is 64.6 Å². The van der Waals surface area contributed by atoms with Crippen molar-refractivity contribution in [2.45, 2.75) is 32.4 Å². The Bertz CT molecular complexity index is 215. The number of carbonyl (C=O) groups excluding carboxylic acids is 1. The Morgan fingerprint density at radius 3 is 2.75 bits per heavy atom. The van der Waals surface area contributed by atoms with Crippen LogP contribution in [0.3, 0.4) is 0 Å². The average molecular weight is 229 g/mol. The Morgan fingerprint density at radius 1 is 1.50 bits per heavy atom. The third-order valence-corrected chi connectivity index (χ3v) is 2.80. The van der Waals surface area contributed by atoms with Crippen LogP contribution in [0.15, 0.2) is 0 Å². The van der Waals surface area contributed by atoms with Crippen molar-refractivity contribution in [1.29, 1.82) is 0 Å². The van der Waals surface area contributed by atoms with Gasteiger partial charge in [0, 0.05) is 38.8 Å². The molecule has 1 amide bonds. The van der Waals surface area contributed by atoms with Crippen LogP contribution < -0.4 is 10.6 Å². The molecule has 0 radical (unpaired) electrons. The lowest BCUT2D eigenvalue weighted by Crippen LogP contribution is -2.57. The fourth-order valence-corrected chi connectivity index (χ4v) is 1.89. The van der Waals surface area contributed by atoms with Crippen LogP contribution in [0.5, 0.6) is 0 Å². The minimum Gasteiger partial charge on any atom is -0.396 e. The van der Waals surface area contributed by atoms with Crippen molar-refractivity contribution in [3.8, 4) is 0 Å². The highest BCUT2D eigenvalue weighted by atomic mass is 16.3. The highest BCUT2D eigenvalue weighted by molar-refractivity contribution is 5.82. The van der Waals surface area contributed by atoms with Gasteiger partial charge in [-0.1, -0.05) is 0 Å². The second-order valence-corrected chi connectivity index (χ2v) is 4.41. The maximum Gasteiger partial charge on any atom is 0.241 e. The number of amides is 1. The number of carbonyl (C=O) groups is 1. The number of hydrogen-bond acceptors (Lipinski definition) is 4. The SMILES string of the molecule is CC(C)N(CCCO)C(=O)C1CNCCN1. The minimum absolute atomic E-state index is 0.116. The molecule has 1 fully saturated rings. The molecule has 1 saturated heterocycles. The Labute approximate surface area is 97.2 Å². The average Bonchev–Trinajstić information content (AvgIpc) is 2.30. The van der Waals surface area contributed by atoms with Crippen LogP contribution in [-0.2, 0) is 4.79 Å². The molecule has 0 spiro atoms. The summed E-state index contributed by atoms with van der Waals surface area (Å²) in [6.07, 6.45) is 0.643. The van der Waals surface area contributed by atoms with Crippen molar-refractivity contribution < 1.29 is 9.90 Å². The highest BCUT2D eigenvalue weighted by Gasteiger charge is 2.26. The molecule has 0 aliphatic carbocycles. The third kappa shape index (κ3) is 3.73. The van der Waals surface area contributed by atoms with Crippen LogP contribution >= 0.6 is 0 Å². The molecule has 1 atom stereocenters. The molecule has 1 rings (SSSR count). The fraction of sp³-hybridized carbons (Fsp3) is 0.909. The summed E-state index contributed by atoms with van der Waals surface area (Å²) in [7, 11) is 0. The summed E-state index contributed by atoms with van der Waals surface area (Å²) in [6.45, 7) is 7.22. The first kappa shape index (κ1) is 13.4. The lowest BCUT2D eigenvalue weighted by molar-refractivity contribution is -0.135. The number of aliphatic hydroxyl groups is 1. The summed E-state index contributed by atoms with van der Waals surface area (Å²) in [5, 5.41) is 15.2. The Balaban J connectivity index is 2.51. The van der Waals surface area contributed by atoms with Gasteiger partial charge in [-0.25, -0.2) is 0 Å². The number of nitrogens with zero attached hydrogens (tertiary/aromatic N) is 1. The van der Waals surface area contributed by atoms with Crippen LogP contribution in [0, 0.1) is 0 Å². The van der Waals surface area contributed by atoms with Gasteiger partial charge in [-0.05, 0) is 20.3 Å². The van der Waals surface area contributed by atoms with Gasteiger partial charge in [0.15, 0.2) is 0 Å². The zero-order valence-electron chi connectivity index (χ0n) is 10.2. The monoisotopic (exact) mass is 229 g/mol. The molecule has 16 heavy (non-hydrogen) atoms. The zero-order chi connectivity index (χ0) is 12.0. The molecule has 0 aromatic carbocycles. The van der Waals surface area contributed by atoms with Gasteiger partial charge in [-0.15, -0.1) is 0 Å². The van der Waals surface area contributed by atoms with Gasteiger partial charge >= 0.3 is 0 Å². The van der Waals surface area contributed by atoms with E-state index in [0.29, 0.717) is 19.5 Å². The summed E-state index contributed by atoms with van der Waals surface area (Å²) in [5.74, 6) is 0.135. The van der Waals surface area contributed by atoms with Crippen molar-refractivity contribution in [1.82, 2.24) is 15.5 Å². The molecule has 3 N–H and O–H groups in total. The van der Waals surface area contributed by atoms with E-state index >= 15 is 0 Å². The van der Waals surface area contributed by atoms with Gasteiger partial charge < -0.3 is 20.6 Å². The van der Waals surface area contributed by atoms with Gasteiger partial charge in [0.2, 0.25) is 5.91 Å². The molecule has 5 heteroatoms. The molecular weight excluding hydrogens is 206 g/mol. The zero-order valence-corrected chi connectivity index (χ0v) is 10.2. The lowest BCUT2D eigenvalue weighted by Gasteiger charge is -2.33. The Morgan fingerprint density at radius 2 is 2.25 bits per heavy atom. The number of nitrogens with one attached hydrogen (secondary N) is 2. The van der Waals surface area contributed by atoms with Gasteiger partial charge in [-0.2, -0.15) is 0 Å². The second-order valence-electron chi connectivity index (χ2n) is 4.41. The molecule has 0 aromatic rings. The first-order chi connectivity index (χ1) is 7.66. The molecule has 0 saturated carbocycles. The van der Waals surface area contributed by atoms with Crippen LogP contribution in [0.25, 0.3) is 0 Å². The molecule has 5 nitrogen and oxygen atoms in total. The van der Waals surface area contributed by atoms with Crippen LogP contribution in [-0.4, -0.2) is 60.8 Å². The van der Waals surface area contributed by atoms with Crippen molar-refractivity contribution in [3.05, 3.63) is 0 Å². The van der Waals surface area contributed by atoms with Crippen molar-refractivity contribution >= 4 is 5.91 Å². The molecule has 1 unspecified atom stereocenters. The number of rotatable bonds is 5. The van der Waals surface area contributed by atoms with E-state index in [4.69, 9.17) is 5.11 Å². The van der Waals surface area contributed by atoms with E-state index in [1.54, 1.807) is 0 Å². The molecule has 0 aromatic heterocycles. The normalized spacial score (nSPS) is 21.1. The predicted octanol–water partition coefficient (Wildman–Crippen LogP) is -0.833. The summed E-state index contributed by atoms with van der Waals surface area (Å²) in [5.41, 5.74) is 0. The first-order valence-corrected chi connectivity index (χ1v) is 6.02. The van der Waals surface area contributed by atoms with E-state index in [9.17, 15) is 4.79 Å². The molecule has 1 heterocycles. The Kier molecular flexibility index (Phi) is 5.73. The quantitative estimate of drug-likeness (QED) is 0.575. The van der Waals surface area contributed by atoms with E-state index < -0.39 is 0 Å². The summed E-state index contributed by atoms with van der Waals surface area (Å²) >= 11 is 0. The maximum atomic E-state index is 12.2. The molecule has 1 aliphatic heterocycles. The number of aliphatic hydroxyl groups excluding tert-OH is 1. The molecule has 94 valence electrons. The lowest BCUT2D eigenvalue weighted by atomic mass is 10.1. The van der Waals surface area contributed by atoms with Crippen molar-refractivity contribution in [2.75, 3.05) is 32.8 Å². The van der Waals surface area contributed by atoms with Crippen molar-refractivity contribution in [2.24, 2.45) is 0 Å². The van der Waals surface area contributed by atoms with Gasteiger partial charge in [0.25, 0.3) is 0 Å². The molecule has 0 bridgehead atoms. The largest absolute Gasteiger partial charge is 0.396 e.